The highest BCUT2D eigenvalue weighted by atomic mass is 32.2. The minimum atomic E-state index is -1.28. The van der Waals surface area contributed by atoms with Gasteiger partial charge in [0.25, 0.3) is 11.1 Å². The fourth-order valence-corrected chi connectivity index (χ4v) is 4.41. The highest BCUT2D eigenvalue weighted by Gasteiger charge is 2.28. The Labute approximate surface area is 208 Å². The number of thioether (sulfide) groups is 1. The zero-order chi connectivity index (χ0) is 25.8. The van der Waals surface area contributed by atoms with E-state index in [1.807, 2.05) is 5.32 Å². The smallest absolute Gasteiger partial charge is 0.326 e. The fraction of sp³-hybridized carbons (Fsp3) is 0.250. The average molecular weight is 518 g/mol. The summed E-state index contributed by atoms with van der Waals surface area (Å²) >= 11 is 0.585. The lowest BCUT2D eigenvalue weighted by atomic mass is 10.1. The molecule has 2 aromatic carbocycles. The van der Waals surface area contributed by atoms with Crippen LogP contribution in [0.25, 0.3) is 6.08 Å². The molecule has 0 radical (unpaired) electrons. The van der Waals surface area contributed by atoms with E-state index in [0.29, 0.717) is 30.3 Å². The molecule has 2 aliphatic rings. The normalized spacial score (nSPS) is 19.3. The van der Waals surface area contributed by atoms with E-state index in [2.05, 4.69) is 10.6 Å². The van der Waals surface area contributed by atoms with Crippen molar-refractivity contribution in [3.8, 4) is 11.5 Å². The van der Waals surface area contributed by atoms with Gasteiger partial charge in [-0.25, -0.2) is 9.18 Å². The van der Waals surface area contributed by atoms with Gasteiger partial charge in [0, 0.05) is 12.0 Å². The third-order valence-corrected chi connectivity index (χ3v) is 6.40. The van der Waals surface area contributed by atoms with Gasteiger partial charge >= 0.3 is 5.97 Å². The summed E-state index contributed by atoms with van der Waals surface area (Å²) in [5.74, 6) is -4.99. The van der Waals surface area contributed by atoms with Crippen molar-refractivity contribution >= 4 is 40.9 Å². The van der Waals surface area contributed by atoms with Crippen LogP contribution in [0, 0.1) is 11.6 Å². The monoisotopic (exact) mass is 517 g/mol. The maximum atomic E-state index is 14.6. The summed E-state index contributed by atoms with van der Waals surface area (Å²) in [7, 11) is 0. The highest BCUT2D eigenvalue weighted by molar-refractivity contribution is 8.18. The zero-order valence-electron chi connectivity index (χ0n) is 18.7. The van der Waals surface area contributed by atoms with Gasteiger partial charge in [0.1, 0.15) is 11.8 Å². The van der Waals surface area contributed by atoms with E-state index in [0.717, 1.165) is 12.5 Å². The molecule has 0 aromatic heterocycles. The SMILES string of the molecule is O=C1NC(=O)C(=Cc2ccc(Oc3ccc(CC(NC(=O)C4CCCN4)C(=O)O)cc3)c(F)c2F)S1. The second kappa shape index (κ2) is 10.9. The Kier molecular flexibility index (Phi) is 7.65. The maximum absolute atomic E-state index is 14.6. The lowest BCUT2D eigenvalue weighted by Gasteiger charge is -2.18. The second-order valence-electron chi connectivity index (χ2n) is 8.13. The van der Waals surface area contributed by atoms with E-state index < -0.39 is 46.6 Å². The predicted octanol–water partition coefficient (Wildman–Crippen LogP) is 2.94. The summed E-state index contributed by atoms with van der Waals surface area (Å²) in [6.45, 7) is 0.708. The Morgan fingerprint density at radius 2 is 1.92 bits per heavy atom. The highest BCUT2D eigenvalue weighted by Crippen LogP contribution is 2.31. The number of aliphatic carboxylic acids is 1. The van der Waals surface area contributed by atoms with Crippen LogP contribution in [0.2, 0.25) is 0 Å². The van der Waals surface area contributed by atoms with Crippen LogP contribution in [0.3, 0.4) is 0 Å². The van der Waals surface area contributed by atoms with Crippen molar-refractivity contribution in [3.63, 3.8) is 0 Å². The number of amides is 3. The van der Waals surface area contributed by atoms with E-state index in [4.69, 9.17) is 4.74 Å². The number of carboxylic acids is 1. The van der Waals surface area contributed by atoms with Crippen LogP contribution in [-0.4, -0.2) is 46.8 Å². The molecule has 36 heavy (non-hydrogen) atoms. The van der Waals surface area contributed by atoms with Gasteiger partial charge in [-0.1, -0.05) is 12.1 Å². The van der Waals surface area contributed by atoms with Crippen LogP contribution in [0.15, 0.2) is 41.3 Å². The van der Waals surface area contributed by atoms with Crippen molar-refractivity contribution in [3.05, 3.63) is 64.1 Å². The van der Waals surface area contributed by atoms with Crippen LogP contribution in [0.5, 0.6) is 11.5 Å². The average Bonchev–Trinajstić information content (AvgIpc) is 3.49. The van der Waals surface area contributed by atoms with Gasteiger partial charge in [-0.2, -0.15) is 4.39 Å². The molecule has 0 bridgehead atoms. The molecule has 4 N–H and O–H groups in total. The number of rotatable bonds is 8. The first-order chi connectivity index (χ1) is 17.2. The van der Waals surface area contributed by atoms with Crippen molar-refractivity contribution < 1.29 is 37.8 Å². The number of imide groups is 1. The molecule has 2 fully saturated rings. The number of ether oxygens (including phenoxy) is 1. The maximum Gasteiger partial charge on any atom is 0.326 e. The van der Waals surface area contributed by atoms with E-state index in [1.54, 1.807) is 12.1 Å². The molecule has 3 amide bonds. The first-order valence-electron chi connectivity index (χ1n) is 11.0. The van der Waals surface area contributed by atoms with E-state index in [-0.39, 0.29) is 28.5 Å². The zero-order valence-corrected chi connectivity index (χ0v) is 19.5. The topological polar surface area (TPSA) is 134 Å². The predicted molar refractivity (Wildman–Crippen MR) is 126 cm³/mol. The minimum absolute atomic E-state index is 0.0223. The van der Waals surface area contributed by atoms with Crippen molar-refractivity contribution in [1.82, 2.24) is 16.0 Å². The van der Waals surface area contributed by atoms with Crippen LogP contribution in [-0.2, 0) is 20.8 Å². The van der Waals surface area contributed by atoms with Gasteiger partial charge in [-0.3, -0.25) is 19.7 Å². The Morgan fingerprint density at radius 3 is 2.53 bits per heavy atom. The quantitative estimate of drug-likeness (QED) is 0.393. The molecule has 0 saturated carbocycles. The van der Waals surface area contributed by atoms with Crippen molar-refractivity contribution in [2.24, 2.45) is 0 Å². The first-order valence-corrected chi connectivity index (χ1v) is 11.8. The van der Waals surface area contributed by atoms with Gasteiger partial charge in [-0.05, 0) is 67.1 Å². The van der Waals surface area contributed by atoms with E-state index in [9.17, 15) is 33.1 Å². The largest absolute Gasteiger partial charge is 0.480 e. The van der Waals surface area contributed by atoms with Crippen molar-refractivity contribution in [2.75, 3.05) is 6.54 Å². The van der Waals surface area contributed by atoms with Crippen LogP contribution in [0.4, 0.5) is 13.6 Å². The lowest BCUT2D eigenvalue weighted by Crippen LogP contribution is -2.49. The number of hydrogen-bond acceptors (Lipinski definition) is 7. The molecule has 0 spiro atoms. The first kappa shape index (κ1) is 25.3. The number of carbonyl (C=O) groups excluding carboxylic acids is 3. The number of carboxylic acid groups (broad SMARTS) is 1. The Bertz CT molecular complexity index is 1250. The van der Waals surface area contributed by atoms with Crippen LogP contribution < -0.4 is 20.7 Å². The van der Waals surface area contributed by atoms with Gasteiger partial charge in [0.2, 0.25) is 11.7 Å². The Morgan fingerprint density at radius 1 is 1.17 bits per heavy atom. The molecule has 12 heteroatoms. The number of halogens is 2. The third-order valence-electron chi connectivity index (χ3n) is 5.59. The molecule has 9 nitrogen and oxygen atoms in total. The summed E-state index contributed by atoms with van der Waals surface area (Å²) in [4.78, 5) is 46.7. The molecule has 188 valence electrons. The van der Waals surface area contributed by atoms with Crippen LogP contribution in [0.1, 0.15) is 24.0 Å². The number of carbonyl (C=O) groups is 4. The fourth-order valence-electron chi connectivity index (χ4n) is 3.74. The summed E-state index contributed by atoms with van der Waals surface area (Å²) in [6.07, 6.45) is 2.59. The number of nitrogens with one attached hydrogen (secondary N) is 3. The van der Waals surface area contributed by atoms with E-state index >= 15 is 0 Å². The number of benzene rings is 2. The standard InChI is InChI=1S/C24H21F2N3O6S/c25-19-13(11-18-22(31)29-24(34)36-18)5-8-17(20(19)26)35-14-6-3-12(4-7-14)10-16(23(32)33)28-21(30)15-2-1-9-27-15/h3-8,11,15-16,27H,1-2,9-10H2,(H,28,30)(H,32,33)(H,29,31,34). The number of hydrogen-bond donors (Lipinski definition) is 4. The lowest BCUT2D eigenvalue weighted by molar-refractivity contribution is -0.142. The summed E-state index contributed by atoms with van der Waals surface area (Å²) in [6, 6.07) is 6.92. The molecular weight excluding hydrogens is 496 g/mol. The van der Waals surface area contributed by atoms with Crippen LogP contribution >= 0.6 is 11.8 Å². The van der Waals surface area contributed by atoms with Gasteiger partial charge in [-0.15, -0.1) is 0 Å². The van der Waals surface area contributed by atoms with Gasteiger partial charge in [0.05, 0.1) is 10.9 Å². The van der Waals surface area contributed by atoms with Crippen molar-refractivity contribution in [2.45, 2.75) is 31.3 Å². The molecule has 2 saturated heterocycles. The van der Waals surface area contributed by atoms with Gasteiger partial charge < -0.3 is 20.5 Å². The molecule has 2 aromatic rings. The van der Waals surface area contributed by atoms with Crippen molar-refractivity contribution in [1.29, 1.82) is 0 Å². The molecule has 2 atom stereocenters. The Hall–Kier alpha value is -3.77. The molecule has 2 aliphatic heterocycles. The summed E-state index contributed by atoms with van der Waals surface area (Å²) in [5, 5.41) is 16.5. The molecule has 4 rings (SSSR count). The molecule has 2 unspecified atom stereocenters. The summed E-state index contributed by atoms with van der Waals surface area (Å²) < 4.78 is 34.5. The van der Waals surface area contributed by atoms with E-state index in [1.165, 1.54) is 24.3 Å². The Balaban J connectivity index is 1.42. The summed E-state index contributed by atoms with van der Waals surface area (Å²) in [5.41, 5.74) is 0.363. The molecule has 2 heterocycles. The third kappa shape index (κ3) is 5.89. The second-order valence-corrected chi connectivity index (χ2v) is 9.15. The molecular formula is C24H21F2N3O6S. The molecule has 0 aliphatic carbocycles. The minimum Gasteiger partial charge on any atom is -0.480 e. The van der Waals surface area contributed by atoms with Gasteiger partial charge in [0.15, 0.2) is 11.6 Å².